The predicted octanol–water partition coefficient (Wildman–Crippen LogP) is 2.71. The van der Waals surface area contributed by atoms with Crippen LogP contribution in [0.1, 0.15) is 17.4 Å². The summed E-state index contributed by atoms with van der Waals surface area (Å²) in [5.74, 6) is 0. The molecule has 2 aromatic rings. The van der Waals surface area contributed by atoms with Gasteiger partial charge in [0.2, 0.25) is 0 Å². The molecule has 0 radical (unpaired) electrons. The van der Waals surface area contributed by atoms with Gasteiger partial charge in [-0.1, -0.05) is 30.3 Å². The Morgan fingerprint density at radius 3 is 2.40 bits per heavy atom. The molecular formula is C16H22N2O2. The average molecular weight is 274 g/mol. The number of rotatable bonds is 6. The van der Waals surface area contributed by atoms with Gasteiger partial charge < -0.3 is 19.2 Å². The lowest BCUT2D eigenvalue weighted by atomic mass is 10.1. The monoisotopic (exact) mass is 274 g/mol. The first-order chi connectivity index (χ1) is 9.47. The number of aromatic nitrogens is 1. The lowest BCUT2D eigenvalue weighted by Crippen LogP contribution is -2.36. The van der Waals surface area contributed by atoms with Crippen molar-refractivity contribution in [2.24, 2.45) is 7.05 Å². The summed E-state index contributed by atoms with van der Waals surface area (Å²) in [4.78, 5) is 0. The van der Waals surface area contributed by atoms with Crippen molar-refractivity contribution in [3.05, 3.63) is 65.1 Å². The standard InChI is InChI=1S/C16H22N2O2/c1-17-11-7-10-15(17)16(14-8-5-4-6-9-14)20-13-12-18(2,3)19/h4-11,16H,12-13H2,1-3H3/t16-/m0/s1. The Bertz CT molecular complexity index is 529. The molecule has 20 heavy (non-hydrogen) atoms. The molecule has 2 rings (SSSR count). The largest absolute Gasteiger partial charge is 0.633 e. The van der Waals surface area contributed by atoms with Gasteiger partial charge in [0.1, 0.15) is 12.6 Å². The van der Waals surface area contributed by atoms with Gasteiger partial charge in [0.15, 0.2) is 0 Å². The van der Waals surface area contributed by atoms with Crippen molar-refractivity contribution in [1.82, 2.24) is 4.57 Å². The highest BCUT2D eigenvalue weighted by Gasteiger charge is 2.17. The van der Waals surface area contributed by atoms with Crippen molar-refractivity contribution in [3.63, 3.8) is 0 Å². The second-order valence-corrected chi connectivity index (χ2v) is 5.50. The van der Waals surface area contributed by atoms with E-state index >= 15 is 0 Å². The Balaban J connectivity index is 2.16. The first-order valence-corrected chi connectivity index (χ1v) is 6.79. The minimum absolute atomic E-state index is 0.136. The SMILES string of the molecule is Cn1cccc1[C@@H](OCC[N+](C)(C)[O-])c1ccccc1. The van der Waals surface area contributed by atoms with Crippen LogP contribution in [-0.2, 0) is 11.8 Å². The summed E-state index contributed by atoms with van der Waals surface area (Å²) >= 11 is 0. The zero-order valence-electron chi connectivity index (χ0n) is 12.3. The first-order valence-electron chi connectivity index (χ1n) is 6.79. The molecule has 1 atom stereocenters. The molecule has 0 unspecified atom stereocenters. The minimum Gasteiger partial charge on any atom is -0.633 e. The maximum atomic E-state index is 11.6. The van der Waals surface area contributed by atoms with Crippen molar-refractivity contribution >= 4 is 0 Å². The Hall–Kier alpha value is -1.62. The summed E-state index contributed by atoms with van der Waals surface area (Å²) in [6, 6.07) is 14.1. The second kappa shape index (κ2) is 6.22. The highest BCUT2D eigenvalue weighted by atomic mass is 16.5. The Morgan fingerprint density at radius 2 is 1.85 bits per heavy atom. The quantitative estimate of drug-likeness (QED) is 0.600. The van der Waals surface area contributed by atoms with Gasteiger partial charge in [-0.15, -0.1) is 0 Å². The van der Waals surface area contributed by atoms with Crippen LogP contribution in [0.5, 0.6) is 0 Å². The molecule has 1 heterocycles. The summed E-state index contributed by atoms with van der Waals surface area (Å²) < 4.78 is 7.70. The maximum absolute atomic E-state index is 11.6. The Kier molecular flexibility index (Phi) is 4.60. The molecular weight excluding hydrogens is 252 g/mol. The normalized spacial score (nSPS) is 13.4. The van der Waals surface area contributed by atoms with Crippen molar-refractivity contribution in [3.8, 4) is 0 Å². The summed E-state index contributed by atoms with van der Waals surface area (Å²) in [6.45, 7) is 0.870. The van der Waals surface area contributed by atoms with E-state index in [1.807, 2.05) is 37.5 Å². The molecule has 0 fully saturated rings. The topological polar surface area (TPSA) is 37.2 Å². The van der Waals surface area contributed by atoms with Crippen molar-refractivity contribution in [2.45, 2.75) is 6.10 Å². The number of hydrogen-bond acceptors (Lipinski definition) is 2. The van der Waals surface area contributed by atoms with Gasteiger partial charge in [0.05, 0.1) is 26.4 Å². The summed E-state index contributed by atoms with van der Waals surface area (Å²) in [6.07, 6.45) is 1.87. The molecule has 1 aromatic carbocycles. The average Bonchev–Trinajstić information content (AvgIpc) is 2.81. The highest BCUT2D eigenvalue weighted by Crippen LogP contribution is 2.25. The predicted molar refractivity (Wildman–Crippen MR) is 80.0 cm³/mol. The van der Waals surface area contributed by atoms with E-state index < -0.39 is 0 Å². The molecule has 4 heteroatoms. The summed E-state index contributed by atoms with van der Waals surface area (Å²) in [7, 11) is 5.26. The van der Waals surface area contributed by atoms with Gasteiger partial charge in [0, 0.05) is 13.2 Å². The Morgan fingerprint density at radius 1 is 1.15 bits per heavy atom. The third-order valence-corrected chi connectivity index (χ3v) is 3.27. The number of hydroxylamine groups is 3. The van der Waals surface area contributed by atoms with Gasteiger partial charge in [-0.05, 0) is 17.7 Å². The van der Waals surface area contributed by atoms with E-state index in [2.05, 4.69) is 22.8 Å². The minimum atomic E-state index is -0.339. The molecule has 1 aromatic heterocycles. The number of aryl methyl sites for hydroxylation is 1. The van der Waals surface area contributed by atoms with Crippen LogP contribution in [0.3, 0.4) is 0 Å². The van der Waals surface area contributed by atoms with Crippen LogP contribution in [0, 0.1) is 5.21 Å². The van der Waals surface area contributed by atoms with Crippen LogP contribution >= 0.6 is 0 Å². The van der Waals surface area contributed by atoms with Crippen LogP contribution in [0.15, 0.2) is 48.7 Å². The van der Waals surface area contributed by atoms with E-state index in [1.165, 1.54) is 0 Å². The number of quaternary nitrogens is 1. The third kappa shape index (κ3) is 3.93. The second-order valence-electron chi connectivity index (χ2n) is 5.50. The number of benzene rings is 1. The molecule has 0 spiro atoms. The van der Waals surface area contributed by atoms with Gasteiger partial charge in [-0.2, -0.15) is 0 Å². The van der Waals surface area contributed by atoms with Crippen molar-refractivity contribution < 1.29 is 9.38 Å². The fourth-order valence-electron chi connectivity index (χ4n) is 2.12. The van der Waals surface area contributed by atoms with E-state index in [0.717, 1.165) is 11.3 Å². The molecule has 0 saturated carbocycles. The van der Waals surface area contributed by atoms with Crippen LogP contribution in [0.2, 0.25) is 0 Å². The molecule has 0 aliphatic heterocycles. The zero-order valence-corrected chi connectivity index (χ0v) is 12.3. The van der Waals surface area contributed by atoms with Crippen LogP contribution < -0.4 is 0 Å². The van der Waals surface area contributed by atoms with Gasteiger partial charge >= 0.3 is 0 Å². The third-order valence-electron chi connectivity index (χ3n) is 3.27. The molecule has 0 aliphatic rings. The van der Waals surface area contributed by atoms with E-state index in [0.29, 0.717) is 13.2 Å². The molecule has 0 saturated heterocycles. The van der Waals surface area contributed by atoms with E-state index in [1.54, 1.807) is 14.1 Å². The summed E-state index contributed by atoms with van der Waals surface area (Å²) in [5, 5.41) is 11.6. The fraction of sp³-hybridized carbons (Fsp3) is 0.375. The number of hydrogen-bond donors (Lipinski definition) is 0. The molecule has 0 N–H and O–H groups in total. The molecule has 0 bridgehead atoms. The number of likely N-dealkylation sites (N-methyl/N-ethyl adjacent to an activating group) is 1. The highest BCUT2D eigenvalue weighted by molar-refractivity contribution is 5.26. The summed E-state index contributed by atoms with van der Waals surface area (Å²) in [5.41, 5.74) is 2.19. The van der Waals surface area contributed by atoms with Gasteiger partial charge in [-0.25, -0.2) is 0 Å². The Labute approximate surface area is 120 Å². The molecule has 4 nitrogen and oxygen atoms in total. The van der Waals surface area contributed by atoms with Gasteiger partial charge in [-0.3, -0.25) is 0 Å². The molecule has 108 valence electrons. The number of ether oxygens (including phenoxy) is 1. The van der Waals surface area contributed by atoms with E-state index in [9.17, 15) is 5.21 Å². The van der Waals surface area contributed by atoms with Crippen molar-refractivity contribution in [1.29, 1.82) is 0 Å². The number of nitrogens with zero attached hydrogens (tertiary/aromatic N) is 2. The lowest BCUT2D eigenvalue weighted by molar-refractivity contribution is -0.840. The molecule has 0 amide bonds. The lowest BCUT2D eigenvalue weighted by Gasteiger charge is -2.34. The van der Waals surface area contributed by atoms with Crippen molar-refractivity contribution in [2.75, 3.05) is 27.2 Å². The van der Waals surface area contributed by atoms with Crippen LogP contribution in [0.25, 0.3) is 0 Å². The zero-order chi connectivity index (χ0) is 14.6. The first kappa shape index (κ1) is 14.8. The fourth-order valence-corrected chi connectivity index (χ4v) is 2.12. The molecule has 0 aliphatic carbocycles. The van der Waals surface area contributed by atoms with Crippen LogP contribution in [-0.4, -0.2) is 36.5 Å². The maximum Gasteiger partial charge on any atom is 0.123 e. The van der Waals surface area contributed by atoms with Crippen LogP contribution in [0.4, 0.5) is 0 Å². The van der Waals surface area contributed by atoms with E-state index in [4.69, 9.17) is 4.74 Å². The smallest absolute Gasteiger partial charge is 0.123 e. The van der Waals surface area contributed by atoms with Gasteiger partial charge in [0.25, 0.3) is 0 Å². The van der Waals surface area contributed by atoms with E-state index in [-0.39, 0.29) is 10.8 Å².